The molecule has 3 atom stereocenters. The largest absolute Gasteiger partial charge is 0.396 e. The Morgan fingerprint density at radius 3 is 2.64 bits per heavy atom. The number of rotatable bonds is 6. The number of aliphatic hydroxyl groups is 1. The van der Waals surface area contributed by atoms with Gasteiger partial charge in [0.15, 0.2) is 0 Å². The quantitative estimate of drug-likeness (QED) is 0.643. The Hall–Kier alpha value is -1.30. The molecule has 0 spiro atoms. The van der Waals surface area contributed by atoms with Crippen molar-refractivity contribution in [2.24, 2.45) is 11.7 Å². The van der Waals surface area contributed by atoms with E-state index in [1.165, 1.54) is 0 Å². The van der Waals surface area contributed by atoms with Crippen molar-refractivity contribution in [3.8, 4) is 0 Å². The van der Waals surface area contributed by atoms with E-state index in [1.54, 1.807) is 12.1 Å². The SMILES string of the molecule is NC1CCCC1CNC(=O)NCC(CO)c1ccc(Cl)cc1. The molecule has 22 heavy (non-hydrogen) atoms. The molecule has 1 aliphatic rings. The van der Waals surface area contributed by atoms with Crippen molar-refractivity contribution >= 4 is 17.6 Å². The standard InChI is InChI=1S/C16H24ClN3O2/c17-14-6-4-11(5-7-14)13(10-21)9-20-16(22)19-8-12-2-1-3-15(12)18/h4-7,12-13,15,21H,1-3,8-10,18H2,(H2,19,20,22). The van der Waals surface area contributed by atoms with Crippen LogP contribution in [0, 0.1) is 5.92 Å². The first-order valence-electron chi connectivity index (χ1n) is 7.73. The third-order valence-electron chi connectivity index (χ3n) is 4.31. The molecule has 0 bridgehead atoms. The zero-order valence-corrected chi connectivity index (χ0v) is 13.4. The van der Waals surface area contributed by atoms with E-state index in [2.05, 4.69) is 10.6 Å². The third-order valence-corrected chi connectivity index (χ3v) is 4.57. The molecule has 1 fully saturated rings. The summed E-state index contributed by atoms with van der Waals surface area (Å²) >= 11 is 5.85. The highest BCUT2D eigenvalue weighted by Gasteiger charge is 2.24. The number of nitrogens with one attached hydrogen (secondary N) is 2. The average molecular weight is 326 g/mol. The van der Waals surface area contributed by atoms with Gasteiger partial charge < -0.3 is 21.5 Å². The van der Waals surface area contributed by atoms with Gasteiger partial charge >= 0.3 is 6.03 Å². The summed E-state index contributed by atoms with van der Waals surface area (Å²) in [5, 5.41) is 15.8. The number of benzene rings is 1. The van der Waals surface area contributed by atoms with Crippen LogP contribution in [-0.2, 0) is 0 Å². The molecule has 122 valence electrons. The Morgan fingerprint density at radius 1 is 1.32 bits per heavy atom. The first-order valence-corrected chi connectivity index (χ1v) is 8.11. The minimum Gasteiger partial charge on any atom is -0.396 e. The van der Waals surface area contributed by atoms with Gasteiger partial charge in [0.2, 0.25) is 0 Å². The number of hydrogen-bond acceptors (Lipinski definition) is 3. The predicted octanol–water partition coefficient (Wildman–Crippen LogP) is 1.84. The van der Waals surface area contributed by atoms with Crippen molar-refractivity contribution in [2.45, 2.75) is 31.2 Å². The van der Waals surface area contributed by atoms with Crippen LogP contribution in [0.2, 0.25) is 5.02 Å². The summed E-state index contributed by atoms with van der Waals surface area (Å²) in [7, 11) is 0. The van der Waals surface area contributed by atoms with Crippen LogP contribution in [0.15, 0.2) is 24.3 Å². The number of carbonyl (C=O) groups is 1. The number of nitrogens with two attached hydrogens (primary N) is 1. The van der Waals surface area contributed by atoms with Gasteiger partial charge in [0.1, 0.15) is 0 Å². The van der Waals surface area contributed by atoms with E-state index < -0.39 is 0 Å². The zero-order chi connectivity index (χ0) is 15.9. The fourth-order valence-electron chi connectivity index (χ4n) is 2.84. The molecule has 0 aliphatic heterocycles. The maximum absolute atomic E-state index is 11.8. The molecule has 1 saturated carbocycles. The summed E-state index contributed by atoms with van der Waals surface area (Å²) in [6, 6.07) is 7.26. The molecule has 1 aromatic rings. The summed E-state index contributed by atoms with van der Waals surface area (Å²) in [5.74, 6) is 0.229. The van der Waals surface area contributed by atoms with Gasteiger partial charge in [-0.3, -0.25) is 0 Å². The van der Waals surface area contributed by atoms with E-state index in [-0.39, 0.29) is 24.6 Å². The van der Waals surface area contributed by atoms with Gasteiger partial charge in [-0.05, 0) is 36.5 Å². The van der Waals surface area contributed by atoms with Gasteiger partial charge in [0, 0.05) is 30.1 Å². The number of halogens is 1. The van der Waals surface area contributed by atoms with E-state index in [1.807, 2.05) is 12.1 Å². The van der Waals surface area contributed by atoms with Crippen LogP contribution >= 0.6 is 11.6 Å². The van der Waals surface area contributed by atoms with Crippen LogP contribution in [0.4, 0.5) is 4.79 Å². The zero-order valence-electron chi connectivity index (χ0n) is 12.6. The van der Waals surface area contributed by atoms with Crippen molar-refractivity contribution in [1.82, 2.24) is 10.6 Å². The molecular weight excluding hydrogens is 302 g/mol. The highest BCUT2D eigenvalue weighted by Crippen LogP contribution is 2.23. The fraction of sp³-hybridized carbons (Fsp3) is 0.562. The second-order valence-corrected chi connectivity index (χ2v) is 6.31. The lowest BCUT2D eigenvalue weighted by Crippen LogP contribution is -2.42. The van der Waals surface area contributed by atoms with Gasteiger partial charge in [0.05, 0.1) is 6.61 Å². The highest BCUT2D eigenvalue weighted by atomic mass is 35.5. The first kappa shape index (κ1) is 17.1. The molecule has 0 heterocycles. The van der Waals surface area contributed by atoms with Crippen molar-refractivity contribution in [3.05, 3.63) is 34.9 Å². The van der Waals surface area contributed by atoms with Crippen molar-refractivity contribution in [2.75, 3.05) is 19.7 Å². The van der Waals surface area contributed by atoms with Gasteiger partial charge in [0.25, 0.3) is 0 Å². The molecule has 0 radical (unpaired) electrons. The first-order chi connectivity index (χ1) is 10.6. The van der Waals surface area contributed by atoms with Crippen LogP contribution in [0.1, 0.15) is 30.7 Å². The van der Waals surface area contributed by atoms with Crippen LogP contribution < -0.4 is 16.4 Å². The van der Waals surface area contributed by atoms with E-state index in [4.69, 9.17) is 17.3 Å². The smallest absolute Gasteiger partial charge is 0.314 e. The van der Waals surface area contributed by atoms with E-state index in [0.717, 1.165) is 24.8 Å². The predicted molar refractivity (Wildman–Crippen MR) is 88.0 cm³/mol. The lowest BCUT2D eigenvalue weighted by atomic mass is 10.0. The lowest BCUT2D eigenvalue weighted by Gasteiger charge is -2.18. The van der Waals surface area contributed by atoms with Gasteiger partial charge in [-0.25, -0.2) is 4.79 Å². The average Bonchev–Trinajstić information content (AvgIpc) is 2.92. The van der Waals surface area contributed by atoms with Crippen LogP contribution in [0.3, 0.4) is 0 Å². The van der Waals surface area contributed by atoms with Gasteiger partial charge in [-0.15, -0.1) is 0 Å². The molecule has 0 saturated heterocycles. The Labute approximate surface area is 136 Å². The Balaban J connectivity index is 1.75. The van der Waals surface area contributed by atoms with Crippen LogP contribution in [0.5, 0.6) is 0 Å². The Kier molecular flexibility index (Phi) is 6.49. The molecule has 1 aromatic carbocycles. The molecule has 1 aliphatic carbocycles. The monoisotopic (exact) mass is 325 g/mol. The summed E-state index contributed by atoms with van der Waals surface area (Å²) in [6.07, 6.45) is 3.25. The maximum atomic E-state index is 11.8. The van der Waals surface area contributed by atoms with Crippen molar-refractivity contribution < 1.29 is 9.90 Å². The maximum Gasteiger partial charge on any atom is 0.314 e. The van der Waals surface area contributed by atoms with Gasteiger partial charge in [-0.1, -0.05) is 30.2 Å². The molecular formula is C16H24ClN3O2. The van der Waals surface area contributed by atoms with E-state index in [0.29, 0.717) is 24.0 Å². The highest BCUT2D eigenvalue weighted by molar-refractivity contribution is 6.30. The molecule has 0 aromatic heterocycles. The summed E-state index contributed by atoms with van der Waals surface area (Å²) in [6.45, 7) is 0.952. The number of hydrogen-bond donors (Lipinski definition) is 4. The van der Waals surface area contributed by atoms with Crippen LogP contribution in [-0.4, -0.2) is 36.9 Å². The second kappa shape index (κ2) is 8.36. The number of urea groups is 1. The minimum absolute atomic E-state index is 0.0323. The Morgan fingerprint density at radius 2 is 2.05 bits per heavy atom. The summed E-state index contributed by atoms with van der Waals surface area (Å²) in [5.41, 5.74) is 6.93. The molecule has 5 nitrogen and oxygen atoms in total. The second-order valence-electron chi connectivity index (χ2n) is 5.88. The normalized spacial score (nSPS) is 22.3. The summed E-state index contributed by atoms with van der Waals surface area (Å²) in [4.78, 5) is 11.8. The number of amides is 2. The molecule has 5 N–H and O–H groups in total. The molecule has 2 amide bonds. The topological polar surface area (TPSA) is 87.4 Å². The minimum atomic E-state index is -0.216. The molecule has 3 unspecified atom stereocenters. The number of carbonyl (C=O) groups excluding carboxylic acids is 1. The third kappa shape index (κ3) is 4.87. The van der Waals surface area contributed by atoms with E-state index in [9.17, 15) is 9.90 Å². The molecule has 2 rings (SSSR count). The van der Waals surface area contributed by atoms with Crippen molar-refractivity contribution in [3.63, 3.8) is 0 Å². The van der Waals surface area contributed by atoms with Crippen molar-refractivity contribution in [1.29, 1.82) is 0 Å². The fourth-order valence-corrected chi connectivity index (χ4v) is 2.97. The van der Waals surface area contributed by atoms with Gasteiger partial charge in [-0.2, -0.15) is 0 Å². The lowest BCUT2D eigenvalue weighted by molar-refractivity contribution is 0.231. The summed E-state index contributed by atoms with van der Waals surface area (Å²) < 4.78 is 0. The van der Waals surface area contributed by atoms with E-state index >= 15 is 0 Å². The molecule has 6 heteroatoms. The number of aliphatic hydroxyl groups excluding tert-OH is 1. The van der Waals surface area contributed by atoms with Crippen LogP contribution in [0.25, 0.3) is 0 Å². The Bertz CT molecular complexity index is 481.